The molecule has 118 valence electrons. The second kappa shape index (κ2) is 6.79. The quantitative estimate of drug-likeness (QED) is 0.683. The summed E-state index contributed by atoms with van der Waals surface area (Å²) in [5, 5.41) is 4.01. The Balaban J connectivity index is 1.86. The van der Waals surface area contributed by atoms with Crippen LogP contribution in [-0.4, -0.2) is 23.9 Å². The summed E-state index contributed by atoms with van der Waals surface area (Å²) < 4.78 is 6.37. The number of Topliss-reactive ketones (excluding diaryl/α,β-unsaturated/α-hetero) is 1. The van der Waals surface area contributed by atoms with Crippen molar-refractivity contribution in [1.82, 2.24) is 4.98 Å². The number of benzene rings is 2. The van der Waals surface area contributed by atoms with E-state index in [9.17, 15) is 4.79 Å². The standard InChI is InChI=1S/C18H18N2O2S/c1-3-13(17(21)12-8-5-4-6-9-12)19-18-20-16-14(22-2)10-7-11-15(16)23-18/h4-11,13H,3H2,1-2H3,(H,19,20). The number of carbonyl (C=O) groups is 1. The van der Waals surface area contributed by atoms with Gasteiger partial charge < -0.3 is 10.1 Å². The fraction of sp³-hybridized carbons (Fsp3) is 0.222. The number of thiazole rings is 1. The first-order valence-electron chi connectivity index (χ1n) is 7.52. The first-order valence-corrected chi connectivity index (χ1v) is 8.34. The van der Waals surface area contributed by atoms with E-state index in [0.717, 1.165) is 21.1 Å². The maximum absolute atomic E-state index is 12.6. The third-order valence-corrected chi connectivity index (χ3v) is 4.63. The van der Waals surface area contributed by atoms with Gasteiger partial charge in [0.1, 0.15) is 11.3 Å². The average Bonchev–Trinajstić information content (AvgIpc) is 3.02. The van der Waals surface area contributed by atoms with Crippen LogP contribution in [0.15, 0.2) is 48.5 Å². The lowest BCUT2D eigenvalue weighted by molar-refractivity contribution is 0.0968. The van der Waals surface area contributed by atoms with Crippen molar-refractivity contribution >= 4 is 32.5 Å². The molecule has 23 heavy (non-hydrogen) atoms. The van der Waals surface area contributed by atoms with Gasteiger partial charge in [-0.25, -0.2) is 4.98 Å². The van der Waals surface area contributed by atoms with Gasteiger partial charge in [0.25, 0.3) is 0 Å². The van der Waals surface area contributed by atoms with Gasteiger partial charge in [0.05, 0.1) is 17.9 Å². The molecule has 1 atom stereocenters. The molecule has 3 rings (SSSR count). The molecule has 0 aliphatic rings. The monoisotopic (exact) mass is 326 g/mol. The van der Waals surface area contributed by atoms with E-state index in [-0.39, 0.29) is 11.8 Å². The summed E-state index contributed by atoms with van der Waals surface area (Å²) in [5.41, 5.74) is 1.54. The minimum atomic E-state index is -0.288. The number of fused-ring (bicyclic) bond motifs is 1. The zero-order valence-corrected chi connectivity index (χ0v) is 13.9. The smallest absolute Gasteiger partial charge is 0.185 e. The molecule has 5 heteroatoms. The lowest BCUT2D eigenvalue weighted by Gasteiger charge is -2.14. The van der Waals surface area contributed by atoms with Crippen molar-refractivity contribution in [3.63, 3.8) is 0 Å². The Kier molecular flexibility index (Phi) is 4.57. The van der Waals surface area contributed by atoms with E-state index in [1.54, 1.807) is 7.11 Å². The van der Waals surface area contributed by atoms with Crippen LogP contribution in [0.25, 0.3) is 10.2 Å². The van der Waals surface area contributed by atoms with Crippen molar-refractivity contribution in [3.8, 4) is 5.75 Å². The Hall–Kier alpha value is -2.40. The van der Waals surface area contributed by atoms with Gasteiger partial charge in [0.15, 0.2) is 10.9 Å². The molecule has 3 aromatic rings. The van der Waals surface area contributed by atoms with E-state index >= 15 is 0 Å². The summed E-state index contributed by atoms with van der Waals surface area (Å²) in [5.74, 6) is 0.827. The Morgan fingerprint density at radius 2 is 2.00 bits per heavy atom. The van der Waals surface area contributed by atoms with Crippen LogP contribution in [0.5, 0.6) is 5.75 Å². The van der Waals surface area contributed by atoms with Gasteiger partial charge in [0.2, 0.25) is 0 Å². The number of anilines is 1. The molecule has 1 heterocycles. The fourth-order valence-electron chi connectivity index (χ4n) is 2.46. The van der Waals surface area contributed by atoms with Crippen LogP contribution in [0.4, 0.5) is 5.13 Å². The van der Waals surface area contributed by atoms with Gasteiger partial charge in [-0.3, -0.25) is 4.79 Å². The molecule has 0 amide bonds. The van der Waals surface area contributed by atoms with E-state index in [1.165, 1.54) is 11.3 Å². The lowest BCUT2D eigenvalue weighted by Crippen LogP contribution is -2.28. The minimum absolute atomic E-state index is 0.0827. The highest BCUT2D eigenvalue weighted by Crippen LogP contribution is 2.32. The number of ketones is 1. The van der Waals surface area contributed by atoms with Crippen molar-refractivity contribution in [2.75, 3.05) is 12.4 Å². The van der Waals surface area contributed by atoms with E-state index in [2.05, 4.69) is 10.3 Å². The Morgan fingerprint density at radius 3 is 2.70 bits per heavy atom. The number of methoxy groups -OCH3 is 1. The number of ether oxygens (including phenoxy) is 1. The minimum Gasteiger partial charge on any atom is -0.494 e. The molecule has 0 saturated carbocycles. The van der Waals surface area contributed by atoms with E-state index in [1.807, 2.05) is 55.5 Å². The number of hydrogen-bond acceptors (Lipinski definition) is 5. The number of carbonyl (C=O) groups excluding carboxylic acids is 1. The van der Waals surface area contributed by atoms with Crippen molar-refractivity contribution in [2.24, 2.45) is 0 Å². The summed E-state index contributed by atoms with van der Waals surface area (Å²) in [4.78, 5) is 17.2. The second-order valence-electron chi connectivity index (χ2n) is 5.16. The molecule has 1 N–H and O–H groups in total. The maximum Gasteiger partial charge on any atom is 0.185 e. The van der Waals surface area contributed by atoms with Gasteiger partial charge in [-0.15, -0.1) is 0 Å². The summed E-state index contributed by atoms with van der Waals surface area (Å²) >= 11 is 1.53. The number of rotatable bonds is 6. The molecule has 0 spiro atoms. The van der Waals surface area contributed by atoms with Crippen LogP contribution >= 0.6 is 11.3 Å². The van der Waals surface area contributed by atoms with Gasteiger partial charge in [-0.05, 0) is 18.6 Å². The molecule has 0 bridgehead atoms. The molecule has 1 unspecified atom stereocenters. The van der Waals surface area contributed by atoms with Crippen molar-refractivity contribution < 1.29 is 9.53 Å². The molecule has 0 radical (unpaired) electrons. The van der Waals surface area contributed by atoms with Crippen LogP contribution in [0, 0.1) is 0 Å². The maximum atomic E-state index is 12.6. The first kappa shape index (κ1) is 15.5. The predicted octanol–water partition coefficient (Wildman–Crippen LogP) is 4.38. The van der Waals surface area contributed by atoms with E-state index in [4.69, 9.17) is 4.74 Å². The van der Waals surface area contributed by atoms with Gasteiger partial charge >= 0.3 is 0 Å². The summed E-state index contributed by atoms with van der Waals surface area (Å²) in [6.45, 7) is 1.99. The SMILES string of the molecule is CCC(Nc1nc2c(OC)cccc2s1)C(=O)c1ccccc1. The summed E-state index contributed by atoms with van der Waals surface area (Å²) in [6.07, 6.45) is 0.695. The third-order valence-electron chi connectivity index (χ3n) is 3.68. The van der Waals surface area contributed by atoms with Gasteiger partial charge in [-0.1, -0.05) is 54.7 Å². The fourth-order valence-corrected chi connectivity index (χ4v) is 3.39. The van der Waals surface area contributed by atoms with E-state index in [0.29, 0.717) is 12.0 Å². The molecule has 0 aliphatic carbocycles. The average molecular weight is 326 g/mol. The third kappa shape index (κ3) is 3.19. The molecular formula is C18H18N2O2S. The van der Waals surface area contributed by atoms with Crippen LogP contribution < -0.4 is 10.1 Å². The van der Waals surface area contributed by atoms with Crippen molar-refractivity contribution in [3.05, 3.63) is 54.1 Å². The Morgan fingerprint density at radius 1 is 1.22 bits per heavy atom. The molecule has 2 aromatic carbocycles. The molecular weight excluding hydrogens is 308 g/mol. The zero-order valence-electron chi connectivity index (χ0n) is 13.1. The highest BCUT2D eigenvalue weighted by molar-refractivity contribution is 7.22. The number of aromatic nitrogens is 1. The first-order chi connectivity index (χ1) is 11.2. The Bertz CT molecular complexity index is 814. The van der Waals surface area contributed by atoms with Crippen molar-refractivity contribution in [2.45, 2.75) is 19.4 Å². The van der Waals surface area contributed by atoms with Crippen molar-refractivity contribution in [1.29, 1.82) is 0 Å². The van der Waals surface area contributed by atoms with Crippen LogP contribution in [0.1, 0.15) is 23.7 Å². The van der Waals surface area contributed by atoms with Crippen LogP contribution in [-0.2, 0) is 0 Å². The molecule has 1 aromatic heterocycles. The van der Waals surface area contributed by atoms with Gasteiger partial charge in [0, 0.05) is 5.56 Å². The molecule has 0 saturated heterocycles. The van der Waals surface area contributed by atoms with Crippen LogP contribution in [0.2, 0.25) is 0 Å². The number of nitrogens with zero attached hydrogens (tertiary/aromatic N) is 1. The van der Waals surface area contributed by atoms with Gasteiger partial charge in [-0.2, -0.15) is 0 Å². The highest BCUT2D eigenvalue weighted by atomic mass is 32.1. The van der Waals surface area contributed by atoms with Crippen LogP contribution in [0.3, 0.4) is 0 Å². The highest BCUT2D eigenvalue weighted by Gasteiger charge is 2.19. The summed E-state index contributed by atoms with van der Waals surface area (Å²) in [7, 11) is 1.63. The zero-order chi connectivity index (χ0) is 16.2. The van der Waals surface area contributed by atoms with E-state index < -0.39 is 0 Å². The number of para-hydroxylation sites is 1. The Labute approximate surface area is 139 Å². The second-order valence-corrected chi connectivity index (χ2v) is 6.19. The molecule has 0 fully saturated rings. The molecule has 4 nitrogen and oxygen atoms in total. The topological polar surface area (TPSA) is 51.2 Å². The summed E-state index contributed by atoms with van der Waals surface area (Å²) in [6, 6.07) is 14.9. The lowest BCUT2D eigenvalue weighted by atomic mass is 10.0. The predicted molar refractivity (Wildman–Crippen MR) is 94.6 cm³/mol. The number of nitrogens with one attached hydrogen (secondary N) is 1. The normalized spacial score (nSPS) is 12.1. The largest absolute Gasteiger partial charge is 0.494 e. The molecule has 0 aliphatic heterocycles. The number of hydrogen-bond donors (Lipinski definition) is 1.